The number of benzene rings is 2. The molecule has 0 atom stereocenters. The molecule has 21 heavy (non-hydrogen) atoms. The van der Waals surface area contributed by atoms with Crippen LogP contribution >= 0.6 is 22.6 Å². The second kappa shape index (κ2) is 5.23. The van der Waals surface area contributed by atoms with Crippen LogP contribution in [0, 0.1) is 3.57 Å². The Morgan fingerprint density at radius 1 is 1.10 bits per heavy atom. The summed E-state index contributed by atoms with van der Waals surface area (Å²) >= 11 is 1.90. The average Bonchev–Trinajstić information content (AvgIpc) is 2.88. The van der Waals surface area contributed by atoms with E-state index in [2.05, 4.69) is 4.98 Å². The molecular weight excluding hydrogens is 405 g/mol. The van der Waals surface area contributed by atoms with Crippen molar-refractivity contribution in [3.8, 4) is 11.5 Å². The molecule has 2 N–H and O–H groups in total. The van der Waals surface area contributed by atoms with Gasteiger partial charge < -0.3 is 14.3 Å². The molecule has 0 saturated carbocycles. The first-order chi connectivity index (χ1) is 9.97. The smallest absolute Gasteiger partial charge is 0.355 e. The van der Waals surface area contributed by atoms with Crippen molar-refractivity contribution in [2.75, 3.05) is 0 Å². The van der Waals surface area contributed by atoms with Gasteiger partial charge >= 0.3 is 10.1 Å². The molecule has 1 aromatic heterocycles. The number of aromatic hydroxyl groups is 1. The van der Waals surface area contributed by atoms with Gasteiger partial charge in [0.1, 0.15) is 0 Å². The predicted octanol–water partition coefficient (Wildman–Crippen LogP) is 3.25. The van der Waals surface area contributed by atoms with E-state index in [0.29, 0.717) is 9.09 Å². The molecule has 0 amide bonds. The number of halogens is 1. The third-order valence-electron chi connectivity index (χ3n) is 2.91. The lowest BCUT2D eigenvalue weighted by molar-refractivity contribution is 0.425. The van der Waals surface area contributed by atoms with Gasteiger partial charge in [0.25, 0.3) is 0 Å². The van der Waals surface area contributed by atoms with Gasteiger partial charge in [0.15, 0.2) is 16.5 Å². The first kappa shape index (κ1) is 14.2. The van der Waals surface area contributed by atoms with Crippen LogP contribution in [0.3, 0.4) is 0 Å². The largest absolute Gasteiger partial charge is 0.504 e. The Bertz CT molecular complexity index is 864. The van der Waals surface area contributed by atoms with Gasteiger partial charge in [-0.3, -0.25) is 0 Å². The zero-order valence-electron chi connectivity index (χ0n) is 10.6. The molecule has 0 spiro atoms. The summed E-state index contributed by atoms with van der Waals surface area (Å²) in [5.41, 5.74) is 0.701. The van der Waals surface area contributed by atoms with Crippen LogP contribution in [0.1, 0.15) is 0 Å². The number of aromatic nitrogens is 1. The van der Waals surface area contributed by atoms with Gasteiger partial charge in [0.05, 0.1) is 3.57 Å². The SMILES string of the molecule is O=S(=O)(Oc1c(O)cccc1I)c1cc2ccccc2[nH]1. The zero-order chi connectivity index (χ0) is 15.0. The summed E-state index contributed by atoms with van der Waals surface area (Å²) < 4.78 is 30.2. The van der Waals surface area contributed by atoms with E-state index in [-0.39, 0.29) is 16.5 Å². The van der Waals surface area contributed by atoms with Gasteiger partial charge in [-0.25, -0.2) is 0 Å². The Morgan fingerprint density at radius 2 is 1.86 bits per heavy atom. The highest BCUT2D eigenvalue weighted by atomic mass is 127. The molecule has 0 radical (unpaired) electrons. The molecule has 0 aliphatic carbocycles. The number of rotatable bonds is 3. The van der Waals surface area contributed by atoms with Crippen LogP contribution in [0.4, 0.5) is 0 Å². The first-order valence-electron chi connectivity index (χ1n) is 5.97. The lowest BCUT2D eigenvalue weighted by Crippen LogP contribution is -2.11. The molecule has 1 heterocycles. The highest BCUT2D eigenvalue weighted by molar-refractivity contribution is 14.1. The molecule has 108 valence electrons. The van der Waals surface area contributed by atoms with E-state index < -0.39 is 10.1 Å². The molecule has 0 aliphatic heterocycles. The standard InChI is InChI=1S/C14H10INO4S/c15-10-5-3-7-12(17)14(10)20-21(18,19)13-8-9-4-1-2-6-11(9)16-13/h1-8,16-17H. The van der Waals surface area contributed by atoms with Crippen molar-refractivity contribution in [1.29, 1.82) is 0 Å². The normalized spacial score (nSPS) is 11.7. The Hall–Kier alpha value is -1.74. The fourth-order valence-electron chi connectivity index (χ4n) is 1.92. The number of para-hydroxylation sites is 2. The van der Waals surface area contributed by atoms with Crippen molar-refractivity contribution < 1.29 is 17.7 Å². The molecule has 0 bridgehead atoms. The van der Waals surface area contributed by atoms with Gasteiger partial charge in [-0.2, -0.15) is 8.42 Å². The lowest BCUT2D eigenvalue weighted by Gasteiger charge is -2.08. The second-order valence-corrected chi connectivity index (χ2v) is 7.02. The number of hydrogen-bond donors (Lipinski definition) is 2. The predicted molar refractivity (Wildman–Crippen MR) is 86.9 cm³/mol. The minimum absolute atomic E-state index is 0.0530. The minimum atomic E-state index is -4.04. The van der Waals surface area contributed by atoms with Gasteiger partial charge in [0, 0.05) is 10.9 Å². The average molecular weight is 415 g/mol. The van der Waals surface area contributed by atoms with Crippen molar-refractivity contribution in [2.24, 2.45) is 0 Å². The van der Waals surface area contributed by atoms with Crippen molar-refractivity contribution in [2.45, 2.75) is 5.03 Å². The van der Waals surface area contributed by atoms with E-state index in [1.165, 1.54) is 12.1 Å². The topological polar surface area (TPSA) is 79.4 Å². The Labute approximate surface area is 134 Å². The molecule has 3 aromatic rings. The van der Waals surface area contributed by atoms with Crippen molar-refractivity contribution in [3.63, 3.8) is 0 Å². The maximum Gasteiger partial charge on any atom is 0.355 e. The lowest BCUT2D eigenvalue weighted by atomic mass is 10.3. The van der Waals surface area contributed by atoms with E-state index in [1.54, 1.807) is 24.3 Å². The number of aromatic amines is 1. The molecule has 0 fully saturated rings. The number of phenolic OH excluding ortho intramolecular Hbond substituents is 1. The molecule has 3 rings (SSSR count). The second-order valence-electron chi connectivity index (χ2n) is 4.35. The highest BCUT2D eigenvalue weighted by Gasteiger charge is 2.22. The highest BCUT2D eigenvalue weighted by Crippen LogP contribution is 2.33. The third kappa shape index (κ3) is 2.70. The van der Waals surface area contributed by atoms with Gasteiger partial charge in [0.2, 0.25) is 0 Å². The van der Waals surface area contributed by atoms with Gasteiger partial charge in [-0.15, -0.1) is 0 Å². The van der Waals surface area contributed by atoms with Crippen LogP contribution in [0.15, 0.2) is 53.6 Å². The van der Waals surface area contributed by atoms with E-state index in [9.17, 15) is 13.5 Å². The molecule has 0 unspecified atom stereocenters. The number of H-pyrrole nitrogens is 1. The Balaban J connectivity index is 2.04. The maximum absolute atomic E-state index is 12.3. The molecule has 7 heteroatoms. The summed E-state index contributed by atoms with van der Waals surface area (Å²) in [5.74, 6) is -0.293. The van der Waals surface area contributed by atoms with Crippen molar-refractivity contribution in [3.05, 3.63) is 52.1 Å². The Morgan fingerprint density at radius 3 is 2.57 bits per heavy atom. The summed E-state index contributed by atoms with van der Waals surface area (Å²) in [6.45, 7) is 0. The number of phenols is 1. The summed E-state index contributed by atoms with van der Waals surface area (Å²) in [4.78, 5) is 2.80. The van der Waals surface area contributed by atoms with Gasteiger partial charge in [-0.05, 0) is 46.9 Å². The van der Waals surface area contributed by atoms with Crippen LogP contribution in [0.2, 0.25) is 0 Å². The molecule has 5 nitrogen and oxygen atoms in total. The monoisotopic (exact) mass is 415 g/mol. The Kier molecular flexibility index (Phi) is 3.54. The van der Waals surface area contributed by atoms with Crippen molar-refractivity contribution >= 4 is 43.6 Å². The number of fused-ring (bicyclic) bond motifs is 1. The van der Waals surface area contributed by atoms with Crippen LogP contribution in [-0.4, -0.2) is 18.5 Å². The fraction of sp³-hybridized carbons (Fsp3) is 0. The van der Waals surface area contributed by atoms with Crippen molar-refractivity contribution in [1.82, 2.24) is 4.98 Å². The summed E-state index contributed by atoms with van der Waals surface area (Å²) in [6.07, 6.45) is 0. The van der Waals surface area contributed by atoms with Crippen LogP contribution in [-0.2, 0) is 10.1 Å². The summed E-state index contributed by atoms with van der Waals surface area (Å²) in [6, 6.07) is 13.3. The van der Waals surface area contributed by atoms with E-state index >= 15 is 0 Å². The number of nitrogens with one attached hydrogen (secondary N) is 1. The van der Waals surface area contributed by atoms with Crippen LogP contribution < -0.4 is 4.18 Å². The maximum atomic E-state index is 12.3. The zero-order valence-corrected chi connectivity index (χ0v) is 13.6. The molecule has 2 aromatic carbocycles. The summed E-state index contributed by atoms with van der Waals surface area (Å²) in [5, 5.41) is 10.5. The van der Waals surface area contributed by atoms with E-state index in [0.717, 1.165) is 5.39 Å². The van der Waals surface area contributed by atoms with E-state index in [1.807, 2.05) is 34.7 Å². The first-order valence-corrected chi connectivity index (χ1v) is 8.46. The molecular formula is C14H10INO4S. The third-order valence-corrected chi connectivity index (χ3v) is 4.91. The molecule has 0 aliphatic rings. The van der Waals surface area contributed by atoms with E-state index in [4.69, 9.17) is 4.18 Å². The van der Waals surface area contributed by atoms with Gasteiger partial charge in [-0.1, -0.05) is 24.3 Å². The summed E-state index contributed by atoms with van der Waals surface area (Å²) in [7, 11) is -4.04. The minimum Gasteiger partial charge on any atom is -0.504 e. The quantitative estimate of drug-likeness (QED) is 0.509. The van der Waals surface area contributed by atoms with Crippen LogP contribution in [0.25, 0.3) is 10.9 Å². The number of hydrogen-bond acceptors (Lipinski definition) is 4. The van der Waals surface area contributed by atoms with Crippen LogP contribution in [0.5, 0.6) is 11.5 Å². The fourth-order valence-corrected chi connectivity index (χ4v) is 3.65. The molecule has 0 saturated heterocycles.